The first-order valence-electron chi connectivity index (χ1n) is 8.54. The molecule has 24 heavy (non-hydrogen) atoms. The van der Waals surface area contributed by atoms with E-state index in [4.69, 9.17) is 4.74 Å². The van der Waals surface area contributed by atoms with Crippen molar-refractivity contribution in [1.82, 2.24) is 9.21 Å². The van der Waals surface area contributed by atoms with Crippen LogP contribution in [0.2, 0.25) is 0 Å². The number of fused-ring (bicyclic) bond motifs is 1. The number of nitrogens with zero attached hydrogens (tertiary/aromatic N) is 2. The molecule has 0 atom stereocenters. The minimum atomic E-state index is -3.20. The zero-order chi connectivity index (χ0) is 17.2. The maximum Gasteiger partial charge on any atom is 0.253 e. The van der Waals surface area contributed by atoms with E-state index in [1.165, 1.54) is 4.31 Å². The molecule has 2 aliphatic rings. The molecule has 1 amide bonds. The minimum Gasteiger partial charge on any atom is -0.493 e. The van der Waals surface area contributed by atoms with Crippen molar-refractivity contribution in [3.63, 3.8) is 0 Å². The molecule has 1 saturated heterocycles. The lowest BCUT2D eigenvalue weighted by Gasteiger charge is -2.22. The summed E-state index contributed by atoms with van der Waals surface area (Å²) in [5, 5.41) is 0. The maximum atomic E-state index is 12.8. The van der Waals surface area contributed by atoms with Gasteiger partial charge in [0.2, 0.25) is 10.0 Å². The van der Waals surface area contributed by atoms with Gasteiger partial charge in [0, 0.05) is 38.2 Å². The van der Waals surface area contributed by atoms with Crippen molar-refractivity contribution in [1.29, 1.82) is 0 Å². The van der Waals surface area contributed by atoms with Crippen molar-refractivity contribution in [2.75, 3.05) is 38.5 Å². The highest BCUT2D eigenvalue weighted by molar-refractivity contribution is 7.89. The van der Waals surface area contributed by atoms with Gasteiger partial charge in [-0.3, -0.25) is 4.79 Å². The van der Waals surface area contributed by atoms with Crippen LogP contribution in [0.25, 0.3) is 0 Å². The molecule has 1 fully saturated rings. The number of benzene rings is 1. The molecule has 0 spiro atoms. The molecule has 0 N–H and O–H groups in total. The number of ether oxygens (including phenoxy) is 1. The van der Waals surface area contributed by atoms with Crippen LogP contribution in [0.4, 0.5) is 0 Å². The van der Waals surface area contributed by atoms with Gasteiger partial charge >= 0.3 is 0 Å². The fourth-order valence-corrected chi connectivity index (χ4v) is 4.81. The highest BCUT2D eigenvalue weighted by atomic mass is 32.2. The Morgan fingerprint density at radius 2 is 2.04 bits per heavy atom. The minimum absolute atomic E-state index is 0.0283. The van der Waals surface area contributed by atoms with E-state index in [1.807, 2.05) is 19.1 Å². The molecule has 0 saturated carbocycles. The lowest BCUT2D eigenvalue weighted by atomic mass is 10.1. The number of carbonyl (C=O) groups is 1. The van der Waals surface area contributed by atoms with Crippen LogP contribution in [0.3, 0.4) is 0 Å². The lowest BCUT2D eigenvalue weighted by molar-refractivity contribution is 0.0764. The first-order valence-corrected chi connectivity index (χ1v) is 10.1. The smallest absolute Gasteiger partial charge is 0.253 e. The summed E-state index contributed by atoms with van der Waals surface area (Å²) in [6.45, 7) is 4.43. The van der Waals surface area contributed by atoms with E-state index in [0.717, 1.165) is 17.7 Å². The van der Waals surface area contributed by atoms with Gasteiger partial charge in [0.05, 0.1) is 12.4 Å². The average molecular weight is 352 g/mol. The summed E-state index contributed by atoms with van der Waals surface area (Å²) < 4.78 is 31.4. The van der Waals surface area contributed by atoms with Crippen LogP contribution in [-0.4, -0.2) is 62.1 Å². The van der Waals surface area contributed by atoms with E-state index in [9.17, 15) is 13.2 Å². The van der Waals surface area contributed by atoms with E-state index in [2.05, 4.69) is 0 Å². The van der Waals surface area contributed by atoms with Gasteiger partial charge in [-0.25, -0.2) is 12.7 Å². The third-order valence-electron chi connectivity index (χ3n) is 4.53. The van der Waals surface area contributed by atoms with Gasteiger partial charge in [-0.05, 0) is 36.6 Å². The van der Waals surface area contributed by atoms with Crippen molar-refractivity contribution in [2.24, 2.45) is 0 Å². The second kappa shape index (κ2) is 7.11. The van der Waals surface area contributed by atoms with Crippen LogP contribution < -0.4 is 4.74 Å². The molecular weight excluding hydrogens is 328 g/mol. The van der Waals surface area contributed by atoms with Crippen LogP contribution in [-0.2, 0) is 16.4 Å². The van der Waals surface area contributed by atoms with Crippen molar-refractivity contribution >= 4 is 15.9 Å². The topological polar surface area (TPSA) is 66.9 Å². The Hall–Kier alpha value is -1.60. The van der Waals surface area contributed by atoms with E-state index in [1.54, 1.807) is 11.0 Å². The molecule has 0 radical (unpaired) electrons. The van der Waals surface area contributed by atoms with Gasteiger partial charge in [-0.15, -0.1) is 0 Å². The largest absolute Gasteiger partial charge is 0.493 e. The fourth-order valence-electron chi connectivity index (χ4n) is 3.26. The number of hydrogen-bond acceptors (Lipinski definition) is 4. The zero-order valence-electron chi connectivity index (χ0n) is 14.0. The number of rotatable bonds is 4. The molecule has 2 aliphatic heterocycles. The predicted octanol–water partition coefficient (Wildman–Crippen LogP) is 1.51. The average Bonchev–Trinajstić information content (AvgIpc) is 2.87. The van der Waals surface area contributed by atoms with Crippen LogP contribution in [0, 0.1) is 0 Å². The number of carbonyl (C=O) groups excluding carboxylic acids is 1. The molecule has 2 heterocycles. The Morgan fingerprint density at radius 3 is 2.83 bits per heavy atom. The molecule has 0 aliphatic carbocycles. The molecule has 0 unspecified atom stereocenters. The number of amides is 1. The summed E-state index contributed by atoms with van der Waals surface area (Å²) in [5.74, 6) is 1.00. The molecule has 7 heteroatoms. The second-order valence-electron chi connectivity index (χ2n) is 6.28. The van der Waals surface area contributed by atoms with Crippen molar-refractivity contribution in [3.8, 4) is 5.75 Å². The fraction of sp³-hybridized carbons (Fsp3) is 0.588. The summed E-state index contributed by atoms with van der Waals surface area (Å²) in [7, 11) is -3.20. The van der Waals surface area contributed by atoms with Gasteiger partial charge in [-0.2, -0.15) is 0 Å². The Bertz CT molecular complexity index is 717. The monoisotopic (exact) mass is 352 g/mol. The van der Waals surface area contributed by atoms with E-state index in [-0.39, 0.29) is 11.7 Å². The first kappa shape index (κ1) is 17.2. The standard InChI is InChI=1S/C17H24N2O4S/c1-2-12-24(21,22)19-8-3-7-18(9-10-19)17(20)15-4-5-16-14(13-15)6-11-23-16/h4-5,13H,2-3,6-12H2,1H3. The summed E-state index contributed by atoms with van der Waals surface area (Å²) in [5.41, 5.74) is 1.73. The third kappa shape index (κ3) is 3.57. The van der Waals surface area contributed by atoms with Crippen LogP contribution >= 0.6 is 0 Å². The quantitative estimate of drug-likeness (QED) is 0.824. The van der Waals surface area contributed by atoms with Crippen LogP contribution in [0.5, 0.6) is 5.75 Å². The van der Waals surface area contributed by atoms with Gasteiger partial charge in [-0.1, -0.05) is 6.92 Å². The van der Waals surface area contributed by atoms with Crippen LogP contribution in [0.15, 0.2) is 18.2 Å². The number of sulfonamides is 1. The molecule has 132 valence electrons. The van der Waals surface area contributed by atoms with Gasteiger partial charge in [0.1, 0.15) is 5.75 Å². The SMILES string of the molecule is CCCS(=O)(=O)N1CCCN(C(=O)c2ccc3c(c2)CCO3)CC1. The van der Waals surface area contributed by atoms with E-state index >= 15 is 0 Å². The van der Waals surface area contributed by atoms with E-state index < -0.39 is 10.0 Å². The predicted molar refractivity (Wildman–Crippen MR) is 91.8 cm³/mol. The summed E-state index contributed by atoms with van der Waals surface area (Å²) in [6.07, 6.45) is 2.11. The first-order chi connectivity index (χ1) is 11.5. The zero-order valence-corrected chi connectivity index (χ0v) is 14.8. The Morgan fingerprint density at radius 1 is 1.21 bits per heavy atom. The molecule has 0 bridgehead atoms. The second-order valence-corrected chi connectivity index (χ2v) is 8.37. The van der Waals surface area contributed by atoms with Crippen molar-refractivity contribution in [3.05, 3.63) is 29.3 Å². The summed E-state index contributed by atoms with van der Waals surface area (Å²) in [4.78, 5) is 14.5. The molecule has 1 aromatic carbocycles. The van der Waals surface area contributed by atoms with Crippen molar-refractivity contribution in [2.45, 2.75) is 26.2 Å². The molecular formula is C17H24N2O4S. The van der Waals surface area contributed by atoms with Crippen LogP contribution in [0.1, 0.15) is 35.7 Å². The maximum absolute atomic E-state index is 12.8. The highest BCUT2D eigenvalue weighted by Crippen LogP contribution is 2.26. The Labute approximate surface area is 143 Å². The number of hydrogen-bond donors (Lipinski definition) is 0. The Balaban J connectivity index is 1.69. The van der Waals surface area contributed by atoms with Gasteiger partial charge < -0.3 is 9.64 Å². The van der Waals surface area contributed by atoms with Crippen molar-refractivity contribution < 1.29 is 17.9 Å². The molecule has 6 nitrogen and oxygen atoms in total. The van der Waals surface area contributed by atoms with E-state index in [0.29, 0.717) is 51.2 Å². The summed E-state index contributed by atoms with van der Waals surface area (Å²) >= 11 is 0. The Kier molecular flexibility index (Phi) is 5.10. The van der Waals surface area contributed by atoms with Gasteiger partial charge in [0.15, 0.2) is 0 Å². The molecule has 3 rings (SSSR count). The summed E-state index contributed by atoms with van der Waals surface area (Å²) in [6, 6.07) is 5.55. The highest BCUT2D eigenvalue weighted by Gasteiger charge is 2.27. The third-order valence-corrected chi connectivity index (χ3v) is 6.61. The van der Waals surface area contributed by atoms with Gasteiger partial charge in [0.25, 0.3) is 5.91 Å². The molecule has 0 aromatic heterocycles. The normalized spacial score (nSPS) is 18.8. The molecule has 1 aromatic rings. The lowest BCUT2D eigenvalue weighted by Crippen LogP contribution is -2.38.